The predicted octanol–water partition coefficient (Wildman–Crippen LogP) is 3.59. The van der Waals surface area contributed by atoms with Crippen LogP contribution in [0.25, 0.3) is 5.65 Å². The second kappa shape index (κ2) is 5.12. The molecule has 0 unspecified atom stereocenters. The fourth-order valence-electron chi connectivity index (χ4n) is 1.86. The maximum atomic E-state index is 13.5. The van der Waals surface area contributed by atoms with E-state index in [4.69, 9.17) is 5.11 Å². The molecule has 0 saturated carbocycles. The summed E-state index contributed by atoms with van der Waals surface area (Å²) in [4.78, 5) is 15.2. The summed E-state index contributed by atoms with van der Waals surface area (Å²) in [7, 11) is 0. The minimum absolute atomic E-state index is 0.0275. The van der Waals surface area contributed by atoms with Crippen molar-refractivity contribution >= 4 is 23.1 Å². The third-order valence-corrected chi connectivity index (χ3v) is 2.81. The molecule has 104 valence electrons. The van der Waals surface area contributed by atoms with Crippen molar-refractivity contribution in [1.29, 1.82) is 0 Å². The van der Waals surface area contributed by atoms with Gasteiger partial charge >= 0.3 is 5.97 Å². The van der Waals surface area contributed by atoms with Gasteiger partial charge in [0, 0.05) is 6.20 Å². The van der Waals surface area contributed by atoms with E-state index in [1.807, 2.05) is 0 Å². The Bertz CT molecular complexity index is 857. The third kappa shape index (κ3) is 2.36. The monoisotopic (exact) mass is 284 g/mol. The molecule has 2 heterocycles. The van der Waals surface area contributed by atoms with Gasteiger partial charge in [0.05, 0.1) is 0 Å². The number of carboxylic acids is 1. The van der Waals surface area contributed by atoms with Gasteiger partial charge in [-0.2, -0.15) is 0 Å². The van der Waals surface area contributed by atoms with Gasteiger partial charge in [0.25, 0.3) is 0 Å². The van der Waals surface area contributed by atoms with Crippen molar-refractivity contribution in [3.05, 3.63) is 60.2 Å². The van der Waals surface area contributed by atoms with Gasteiger partial charge in [-0.1, -0.05) is 18.2 Å². The lowest BCUT2D eigenvalue weighted by Gasteiger charge is -1.96. The van der Waals surface area contributed by atoms with Crippen LogP contribution in [0.15, 0.2) is 58.9 Å². The number of fused-ring (bicyclic) bond motifs is 1. The van der Waals surface area contributed by atoms with Crippen molar-refractivity contribution in [2.75, 3.05) is 0 Å². The minimum atomic E-state index is -1.22. The highest BCUT2D eigenvalue weighted by Gasteiger charge is 2.17. The van der Waals surface area contributed by atoms with Crippen LogP contribution >= 0.6 is 0 Å². The van der Waals surface area contributed by atoms with Gasteiger partial charge in [0.1, 0.15) is 11.3 Å². The molecular weight excluding hydrogens is 275 g/mol. The zero-order valence-electron chi connectivity index (χ0n) is 10.6. The smallest absolute Gasteiger partial charge is 0.358 e. The fourth-order valence-corrected chi connectivity index (χ4v) is 1.86. The summed E-state index contributed by atoms with van der Waals surface area (Å²) in [6, 6.07) is 10.9. The Kier molecular flexibility index (Phi) is 3.15. The summed E-state index contributed by atoms with van der Waals surface area (Å²) in [5.41, 5.74) is 0.221. The number of carbonyl (C=O) groups is 1. The molecule has 21 heavy (non-hydrogen) atoms. The maximum Gasteiger partial charge on any atom is 0.358 e. The van der Waals surface area contributed by atoms with Gasteiger partial charge in [-0.15, -0.1) is 10.2 Å². The molecule has 0 spiro atoms. The van der Waals surface area contributed by atoms with Crippen molar-refractivity contribution in [2.24, 2.45) is 10.2 Å². The number of hydrogen-bond donors (Lipinski definition) is 1. The fraction of sp³-hybridized carbons (Fsp3) is 0. The molecule has 7 heteroatoms. The van der Waals surface area contributed by atoms with Crippen LogP contribution in [0.3, 0.4) is 0 Å². The van der Waals surface area contributed by atoms with E-state index in [1.165, 1.54) is 22.6 Å². The van der Waals surface area contributed by atoms with Crippen LogP contribution in [-0.4, -0.2) is 20.5 Å². The number of hydrogen-bond acceptors (Lipinski definition) is 4. The number of rotatable bonds is 3. The molecule has 0 fully saturated rings. The number of halogens is 1. The first-order chi connectivity index (χ1) is 10.2. The SMILES string of the molecule is O=C(O)c1nc2ccccn2c1N=Nc1ccccc1F. The first kappa shape index (κ1) is 12.9. The predicted molar refractivity (Wildman–Crippen MR) is 72.7 cm³/mol. The Labute approximate surface area is 118 Å². The van der Waals surface area contributed by atoms with Crippen LogP contribution in [0.1, 0.15) is 10.5 Å². The summed E-state index contributed by atoms with van der Waals surface area (Å²) < 4.78 is 15.0. The molecule has 6 nitrogen and oxygen atoms in total. The molecule has 3 aromatic rings. The van der Waals surface area contributed by atoms with E-state index in [0.29, 0.717) is 5.65 Å². The number of carboxylic acid groups (broad SMARTS) is 1. The average molecular weight is 284 g/mol. The Morgan fingerprint density at radius 2 is 1.90 bits per heavy atom. The number of pyridine rings is 1. The Morgan fingerprint density at radius 3 is 2.67 bits per heavy atom. The zero-order valence-corrected chi connectivity index (χ0v) is 10.6. The quantitative estimate of drug-likeness (QED) is 0.746. The molecule has 1 N–H and O–H groups in total. The standard InChI is InChI=1S/C14H9FN4O2/c15-9-5-1-2-6-10(9)17-18-13-12(14(20)21)16-11-7-3-4-8-19(11)13/h1-8H,(H,20,21). The van der Waals surface area contributed by atoms with Crippen molar-refractivity contribution in [1.82, 2.24) is 9.38 Å². The van der Waals surface area contributed by atoms with Gasteiger partial charge in [-0.3, -0.25) is 4.40 Å². The lowest BCUT2D eigenvalue weighted by Crippen LogP contribution is -1.96. The lowest BCUT2D eigenvalue weighted by atomic mass is 10.3. The number of aromatic carboxylic acids is 1. The van der Waals surface area contributed by atoms with E-state index < -0.39 is 11.8 Å². The molecule has 0 atom stereocenters. The highest BCUT2D eigenvalue weighted by atomic mass is 19.1. The molecule has 0 radical (unpaired) electrons. The van der Waals surface area contributed by atoms with Gasteiger partial charge in [0.15, 0.2) is 17.3 Å². The van der Waals surface area contributed by atoms with Crippen LogP contribution in [0, 0.1) is 5.82 Å². The first-order valence-corrected chi connectivity index (χ1v) is 6.03. The van der Waals surface area contributed by atoms with Gasteiger partial charge in [0.2, 0.25) is 0 Å². The average Bonchev–Trinajstić information content (AvgIpc) is 2.85. The number of benzene rings is 1. The molecule has 0 aliphatic carbocycles. The summed E-state index contributed by atoms with van der Waals surface area (Å²) in [5, 5.41) is 16.8. The van der Waals surface area contributed by atoms with Gasteiger partial charge in [-0.05, 0) is 24.3 Å². The molecule has 0 aliphatic heterocycles. The summed E-state index contributed by atoms with van der Waals surface area (Å²) in [5.74, 6) is -1.71. The number of imidazole rings is 1. The van der Waals surface area contributed by atoms with E-state index in [1.54, 1.807) is 30.5 Å². The molecular formula is C14H9FN4O2. The molecule has 3 rings (SSSR count). The number of aromatic nitrogens is 2. The maximum absolute atomic E-state index is 13.5. The normalized spacial score (nSPS) is 11.3. The summed E-state index contributed by atoms with van der Waals surface area (Å²) >= 11 is 0. The second-order valence-electron chi connectivity index (χ2n) is 4.17. The summed E-state index contributed by atoms with van der Waals surface area (Å²) in [6.45, 7) is 0. The van der Waals surface area contributed by atoms with Gasteiger partial charge < -0.3 is 5.11 Å². The molecule has 2 aromatic heterocycles. The highest BCUT2D eigenvalue weighted by Crippen LogP contribution is 2.25. The van der Waals surface area contributed by atoms with E-state index in [9.17, 15) is 9.18 Å². The van der Waals surface area contributed by atoms with Crippen LogP contribution in [-0.2, 0) is 0 Å². The first-order valence-electron chi connectivity index (χ1n) is 6.03. The minimum Gasteiger partial charge on any atom is -0.476 e. The van der Waals surface area contributed by atoms with Crippen LogP contribution < -0.4 is 0 Å². The van der Waals surface area contributed by atoms with Crippen LogP contribution in [0.4, 0.5) is 15.9 Å². The van der Waals surface area contributed by atoms with Crippen molar-refractivity contribution in [2.45, 2.75) is 0 Å². The Hall–Kier alpha value is -3.09. The molecule has 0 amide bonds. The Balaban J connectivity index is 2.13. The van der Waals surface area contributed by atoms with Crippen molar-refractivity contribution in [3.63, 3.8) is 0 Å². The number of azo groups is 1. The molecule has 0 bridgehead atoms. The second-order valence-corrected chi connectivity index (χ2v) is 4.17. The van der Waals surface area contributed by atoms with E-state index in [-0.39, 0.29) is 17.2 Å². The largest absolute Gasteiger partial charge is 0.476 e. The van der Waals surface area contributed by atoms with E-state index >= 15 is 0 Å². The third-order valence-electron chi connectivity index (χ3n) is 2.81. The van der Waals surface area contributed by atoms with Crippen molar-refractivity contribution < 1.29 is 14.3 Å². The topological polar surface area (TPSA) is 79.3 Å². The number of nitrogens with zero attached hydrogens (tertiary/aromatic N) is 4. The lowest BCUT2D eigenvalue weighted by molar-refractivity contribution is 0.0692. The van der Waals surface area contributed by atoms with E-state index in [0.717, 1.165) is 0 Å². The summed E-state index contributed by atoms with van der Waals surface area (Å²) in [6.07, 6.45) is 1.62. The van der Waals surface area contributed by atoms with Gasteiger partial charge in [-0.25, -0.2) is 14.2 Å². The molecule has 0 aliphatic rings. The molecule has 1 aromatic carbocycles. The van der Waals surface area contributed by atoms with Crippen LogP contribution in [0.2, 0.25) is 0 Å². The van der Waals surface area contributed by atoms with Crippen molar-refractivity contribution in [3.8, 4) is 0 Å². The van der Waals surface area contributed by atoms with Crippen LogP contribution in [0.5, 0.6) is 0 Å². The zero-order chi connectivity index (χ0) is 14.8. The highest BCUT2D eigenvalue weighted by molar-refractivity contribution is 5.91. The Morgan fingerprint density at radius 1 is 1.14 bits per heavy atom. The van der Waals surface area contributed by atoms with E-state index in [2.05, 4.69) is 15.2 Å². The molecule has 0 saturated heterocycles.